The van der Waals surface area contributed by atoms with Crippen LogP contribution < -0.4 is 21.2 Å². The molecule has 21 nitrogen and oxygen atoms in total. The lowest BCUT2D eigenvalue weighted by atomic mass is 10.1. The Morgan fingerprint density at radius 3 is 2.40 bits per heavy atom. The molecule has 0 bridgehead atoms. The first-order chi connectivity index (χ1) is 22.8. The highest BCUT2D eigenvalue weighted by molar-refractivity contribution is 7.84. The monoisotopic (exact) mass is 698 g/mol. The Labute approximate surface area is 268 Å². The van der Waals surface area contributed by atoms with E-state index in [9.17, 15) is 33.0 Å². The molecule has 23 heteroatoms. The number of hydrogen-bond acceptors (Lipinski definition) is 15. The standard InChI is InChI=1S/C25H31FN10O11S/c1-9(2)20(39)33-25-32-19-14(22(41)34-25)30-8-36(19)24-15(38)17(44-3)10(45-24)4-31-48(42,43)47-16-11(5-37)46-23(12(16)26)35-7-29-13-18(35)27-6-28-21(13)40/h6-12,15-17,23-24,31,37-38H,4-5H2,1-3H3,(H,27,28,40)(H2,32,33,34,39,41)/t10-,11-,12-,15-,16-,17-,23-,24-/m1/s1. The molecule has 8 atom stereocenters. The van der Waals surface area contributed by atoms with Crippen LogP contribution in [0.5, 0.6) is 0 Å². The maximum Gasteiger partial charge on any atom is 0.336 e. The van der Waals surface area contributed by atoms with Gasteiger partial charge in [0.05, 0.1) is 25.6 Å². The van der Waals surface area contributed by atoms with E-state index in [2.05, 4.69) is 39.9 Å². The van der Waals surface area contributed by atoms with E-state index in [0.717, 1.165) is 17.2 Å². The van der Waals surface area contributed by atoms with Gasteiger partial charge in [0.15, 0.2) is 41.0 Å². The summed E-state index contributed by atoms with van der Waals surface area (Å²) in [5.74, 6) is -0.995. The predicted molar refractivity (Wildman–Crippen MR) is 158 cm³/mol. The highest BCUT2D eigenvalue weighted by Crippen LogP contribution is 2.36. The number of nitrogens with one attached hydrogen (secondary N) is 4. The highest BCUT2D eigenvalue weighted by Gasteiger charge is 2.50. The molecule has 0 radical (unpaired) electrons. The number of ether oxygens (including phenoxy) is 3. The van der Waals surface area contributed by atoms with Gasteiger partial charge in [0, 0.05) is 19.6 Å². The number of nitrogens with zero attached hydrogens (tertiary/aromatic N) is 6. The molecule has 6 rings (SSSR count). The van der Waals surface area contributed by atoms with Gasteiger partial charge in [0.1, 0.15) is 30.5 Å². The number of carbonyl (C=O) groups is 1. The summed E-state index contributed by atoms with van der Waals surface area (Å²) in [5, 5.41) is 23.4. The minimum Gasteiger partial charge on any atom is -0.394 e. The van der Waals surface area contributed by atoms with Crippen LogP contribution in [-0.4, -0.2) is 121 Å². The van der Waals surface area contributed by atoms with E-state index in [-0.39, 0.29) is 28.3 Å². The summed E-state index contributed by atoms with van der Waals surface area (Å²) < 4.78 is 68.0. The van der Waals surface area contributed by atoms with Crippen LogP contribution >= 0.6 is 0 Å². The van der Waals surface area contributed by atoms with E-state index in [1.165, 1.54) is 18.0 Å². The fourth-order valence-corrected chi connectivity index (χ4v) is 6.39. The van der Waals surface area contributed by atoms with Crippen LogP contribution in [-0.2, 0) is 33.5 Å². The number of aromatic amines is 2. The van der Waals surface area contributed by atoms with Crippen LogP contribution in [0, 0.1) is 5.92 Å². The number of alkyl halides is 1. The van der Waals surface area contributed by atoms with Crippen molar-refractivity contribution in [2.45, 2.75) is 63.0 Å². The molecular weight excluding hydrogens is 667 g/mol. The third kappa shape index (κ3) is 6.09. The molecule has 0 unspecified atom stereocenters. The lowest BCUT2D eigenvalue weighted by Gasteiger charge is -2.21. The first-order valence-electron chi connectivity index (χ1n) is 14.5. The van der Waals surface area contributed by atoms with E-state index in [1.807, 2.05) is 0 Å². The van der Waals surface area contributed by atoms with Crippen molar-refractivity contribution in [2.24, 2.45) is 5.92 Å². The van der Waals surface area contributed by atoms with Crippen LogP contribution in [0.25, 0.3) is 22.3 Å². The number of imidazole rings is 2. The van der Waals surface area contributed by atoms with Crippen LogP contribution in [0.4, 0.5) is 10.3 Å². The quantitative estimate of drug-likeness (QED) is 0.0950. The molecule has 6 N–H and O–H groups in total. The Kier molecular flexibility index (Phi) is 9.12. The van der Waals surface area contributed by atoms with Crippen molar-refractivity contribution in [2.75, 3.05) is 25.6 Å². The van der Waals surface area contributed by atoms with Gasteiger partial charge in [-0.3, -0.25) is 33.8 Å². The normalized spacial score (nSPS) is 27.8. The number of H-pyrrole nitrogens is 2. The predicted octanol–water partition coefficient (Wildman–Crippen LogP) is -2.43. The summed E-state index contributed by atoms with van der Waals surface area (Å²) in [4.78, 5) is 57.6. The number of fused-ring (bicyclic) bond motifs is 2. The molecule has 0 aliphatic carbocycles. The summed E-state index contributed by atoms with van der Waals surface area (Å²) in [7, 11) is -3.51. The SMILES string of the molecule is CO[C@H]1[C@@H](O)[C@H](n2cnc3c(=O)[nH]c(NC(=O)C(C)C)nc32)O[C@@H]1CNS(=O)(=O)O[C@H]1[C@@H](F)[C@H](n2cnc3c(=O)[nH]cnc32)O[C@@H]1CO. The van der Waals surface area contributed by atoms with E-state index < -0.39 is 95.5 Å². The average Bonchev–Trinajstić information content (AvgIpc) is 3.80. The number of methoxy groups -OCH3 is 1. The van der Waals surface area contributed by atoms with Crippen LogP contribution in [0.1, 0.15) is 26.3 Å². The molecule has 0 aromatic carbocycles. The molecule has 0 spiro atoms. The topological polar surface area (TPSA) is 280 Å². The third-order valence-electron chi connectivity index (χ3n) is 7.84. The van der Waals surface area contributed by atoms with Crippen LogP contribution in [0.2, 0.25) is 0 Å². The maximum atomic E-state index is 15.7. The zero-order chi connectivity index (χ0) is 34.5. The number of amides is 1. The van der Waals surface area contributed by atoms with Crippen molar-refractivity contribution < 1.29 is 46.2 Å². The zero-order valence-electron chi connectivity index (χ0n) is 25.4. The van der Waals surface area contributed by atoms with Gasteiger partial charge < -0.3 is 29.4 Å². The number of hydrogen-bond donors (Lipinski definition) is 6. The van der Waals surface area contributed by atoms with E-state index in [4.69, 9.17) is 18.4 Å². The van der Waals surface area contributed by atoms with Crippen molar-refractivity contribution >= 4 is 44.5 Å². The third-order valence-corrected chi connectivity index (χ3v) is 8.84. The van der Waals surface area contributed by atoms with Gasteiger partial charge in [0.25, 0.3) is 11.1 Å². The van der Waals surface area contributed by atoms with Gasteiger partial charge in [-0.05, 0) is 0 Å². The molecule has 2 aliphatic heterocycles. The van der Waals surface area contributed by atoms with Crippen LogP contribution in [0.3, 0.4) is 0 Å². The molecule has 2 saturated heterocycles. The Balaban J connectivity index is 1.17. The first kappa shape index (κ1) is 33.7. The molecule has 2 fully saturated rings. The Morgan fingerprint density at radius 2 is 1.73 bits per heavy atom. The highest BCUT2D eigenvalue weighted by atomic mass is 32.2. The van der Waals surface area contributed by atoms with Crippen molar-refractivity contribution in [1.82, 2.24) is 43.8 Å². The first-order valence-corrected chi connectivity index (χ1v) is 15.9. The van der Waals surface area contributed by atoms with E-state index in [0.29, 0.717) is 0 Å². The molecule has 2 aliphatic rings. The summed E-state index contributed by atoms with van der Waals surface area (Å²) in [6.07, 6.45) is -8.62. The fourth-order valence-electron chi connectivity index (χ4n) is 5.43. The number of carbonyl (C=O) groups excluding carboxylic acids is 1. The molecule has 4 aromatic heterocycles. The second-order valence-electron chi connectivity index (χ2n) is 11.2. The number of aliphatic hydroxyl groups excluding tert-OH is 2. The molecule has 260 valence electrons. The number of halogens is 1. The van der Waals surface area contributed by atoms with Crippen molar-refractivity contribution in [1.29, 1.82) is 0 Å². The van der Waals surface area contributed by atoms with Gasteiger partial charge >= 0.3 is 10.3 Å². The average molecular weight is 699 g/mol. The number of rotatable bonds is 11. The van der Waals surface area contributed by atoms with Gasteiger partial charge in [-0.2, -0.15) is 18.1 Å². The van der Waals surface area contributed by atoms with Crippen molar-refractivity contribution in [3.8, 4) is 0 Å². The second kappa shape index (κ2) is 13.0. The number of aromatic nitrogens is 8. The van der Waals surface area contributed by atoms with Gasteiger partial charge in [0.2, 0.25) is 11.9 Å². The van der Waals surface area contributed by atoms with Gasteiger partial charge in [-0.25, -0.2) is 23.5 Å². The number of anilines is 1. The minimum absolute atomic E-state index is 0.0381. The molecule has 48 heavy (non-hydrogen) atoms. The summed E-state index contributed by atoms with van der Waals surface area (Å²) in [6, 6.07) is 0. The molecule has 6 heterocycles. The summed E-state index contributed by atoms with van der Waals surface area (Å²) in [5.41, 5.74) is -1.58. The molecular formula is C25H31FN10O11S. The summed E-state index contributed by atoms with van der Waals surface area (Å²) >= 11 is 0. The smallest absolute Gasteiger partial charge is 0.336 e. The van der Waals surface area contributed by atoms with E-state index in [1.54, 1.807) is 13.8 Å². The zero-order valence-corrected chi connectivity index (χ0v) is 26.2. The molecule has 0 saturated carbocycles. The fraction of sp³-hybridized carbons (Fsp3) is 0.560. The lowest BCUT2D eigenvalue weighted by Crippen LogP contribution is -2.44. The Bertz CT molecular complexity index is 2050. The second-order valence-corrected chi connectivity index (χ2v) is 12.6. The minimum atomic E-state index is -4.77. The van der Waals surface area contributed by atoms with Crippen LogP contribution in [0.15, 0.2) is 28.6 Å². The van der Waals surface area contributed by atoms with E-state index >= 15 is 4.39 Å². The number of aliphatic hydroxyl groups is 2. The summed E-state index contributed by atoms with van der Waals surface area (Å²) in [6.45, 7) is 1.93. The van der Waals surface area contributed by atoms with Gasteiger partial charge in [-0.1, -0.05) is 13.8 Å². The molecule has 4 aromatic rings. The largest absolute Gasteiger partial charge is 0.394 e. The Morgan fingerprint density at radius 1 is 1.06 bits per heavy atom. The lowest BCUT2D eigenvalue weighted by molar-refractivity contribution is -0.118. The van der Waals surface area contributed by atoms with Crippen molar-refractivity contribution in [3.63, 3.8) is 0 Å². The molecule has 1 amide bonds. The Hall–Kier alpha value is -4.23. The maximum absolute atomic E-state index is 15.7. The van der Waals surface area contributed by atoms with Gasteiger partial charge in [-0.15, -0.1) is 0 Å². The van der Waals surface area contributed by atoms with Crippen molar-refractivity contribution in [3.05, 3.63) is 39.7 Å².